The molecule has 0 atom stereocenters. The monoisotopic (exact) mass is 547 g/mol. The van der Waals surface area contributed by atoms with E-state index in [0.29, 0.717) is 16.2 Å². The lowest BCUT2D eigenvalue weighted by Gasteiger charge is -2.23. The van der Waals surface area contributed by atoms with Crippen LogP contribution in [0.5, 0.6) is 0 Å². The number of rotatable bonds is 5. The molecule has 0 aliphatic rings. The molecular formula is C32H26ClN5O2. The Hall–Kier alpha value is -4.75. The Morgan fingerprint density at radius 2 is 1.68 bits per heavy atom. The predicted octanol–water partition coefficient (Wildman–Crippen LogP) is 6.96. The number of imidazole rings is 1. The molecule has 0 spiro atoms. The molecule has 4 aromatic carbocycles. The van der Waals surface area contributed by atoms with Crippen molar-refractivity contribution in [3.05, 3.63) is 101 Å². The summed E-state index contributed by atoms with van der Waals surface area (Å²) in [5, 5.41) is 10.5. The van der Waals surface area contributed by atoms with Gasteiger partial charge in [0.15, 0.2) is 5.65 Å². The van der Waals surface area contributed by atoms with Crippen molar-refractivity contribution in [3.63, 3.8) is 0 Å². The molecule has 1 N–H and O–H groups in total. The first-order valence-corrected chi connectivity index (χ1v) is 13.3. The summed E-state index contributed by atoms with van der Waals surface area (Å²) >= 11 is 6.13. The first kappa shape index (κ1) is 25.5. The lowest BCUT2D eigenvalue weighted by molar-refractivity contribution is -0.120. The fourth-order valence-corrected chi connectivity index (χ4v) is 5.13. The summed E-state index contributed by atoms with van der Waals surface area (Å²) in [5.74, 6) is -0.498. The van der Waals surface area contributed by atoms with E-state index < -0.39 is 0 Å². The summed E-state index contributed by atoms with van der Waals surface area (Å²) in [6, 6.07) is 27.1. The average Bonchev–Trinajstić information content (AvgIpc) is 3.31. The Bertz CT molecular complexity index is 1950. The molecule has 6 rings (SSSR count). The number of fused-ring (bicyclic) bond motifs is 5. The van der Waals surface area contributed by atoms with E-state index in [1.807, 2.05) is 103 Å². The highest BCUT2D eigenvalue weighted by Gasteiger charge is 2.19. The Morgan fingerprint density at radius 1 is 0.925 bits per heavy atom. The molecule has 0 aliphatic heterocycles. The summed E-state index contributed by atoms with van der Waals surface area (Å²) < 4.78 is 1.84. The molecule has 198 valence electrons. The van der Waals surface area contributed by atoms with Crippen LogP contribution in [0.25, 0.3) is 38.7 Å². The zero-order chi connectivity index (χ0) is 28.0. The summed E-state index contributed by atoms with van der Waals surface area (Å²) in [6.07, 6.45) is 0. The lowest BCUT2D eigenvalue weighted by atomic mass is 10.1. The Kier molecular flexibility index (Phi) is 6.44. The largest absolute Gasteiger partial charge is 0.324 e. The molecule has 2 amide bonds. The molecule has 2 heterocycles. The highest BCUT2D eigenvalue weighted by Crippen LogP contribution is 2.32. The second-order valence-corrected chi connectivity index (χ2v) is 10.3. The number of hydrogen-bond acceptors (Lipinski definition) is 4. The van der Waals surface area contributed by atoms with E-state index >= 15 is 0 Å². The summed E-state index contributed by atoms with van der Waals surface area (Å²) in [7, 11) is 0. The van der Waals surface area contributed by atoms with Gasteiger partial charge in [0.25, 0.3) is 0 Å². The van der Waals surface area contributed by atoms with E-state index in [4.69, 9.17) is 21.7 Å². The highest BCUT2D eigenvalue weighted by atomic mass is 35.5. The minimum absolute atomic E-state index is 0.0977. The summed E-state index contributed by atoms with van der Waals surface area (Å²) in [6.45, 7) is 5.25. The molecule has 0 saturated carbocycles. The average molecular weight is 548 g/mol. The van der Waals surface area contributed by atoms with E-state index in [1.165, 1.54) is 11.8 Å². The normalized spacial score (nSPS) is 11.3. The zero-order valence-electron chi connectivity index (χ0n) is 22.3. The quantitative estimate of drug-likeness (QED) is 0.253. The van der Waals surface area contributed by atoms with Gasteiger partial charge in [-0.05, 0) is 61.4 Å². The molecule has 7 nitrogen and oxygen atoms in total. The van der Waals surface area contributed by atoms with Crippen LogP contribution in [-0.4, -0.2) is 33.0 Å². The maximum Gasteiger partial charge on any atom is 0.244 e. The molecule has 2 aromatic heterocycles. The predicted molar refractivity (Wildman–Crippen MR) is 161 cm³/mol. The van der Waals surface area contributed by atoms with Crippen LogP contribution < -0.4 is 10.2 Å². The molecule has 0 fully saturated rings. The van der Waals surface area contributed by atoms with Crippen molar-refractivity contribution in [1.82, 2.24) is 14.6 Å². The van der Waals surface area contributed by atoms with Gasteiger partial charge in [-0.1, -0.05) is 60.1 Å². The van der Waals surface area contributed by atoms with Crippen molar-refractivity contribution in [2.45, 2.75) is 20.8 Å². The number of amides is 2. The number of nitrogens with zero attached hydrogens (tertiary/aromatic N) is 4. The van der Waals surface area contributed by atoms with Crippen LogP contribution in [0.1, 0.15) is 18.1 Å². The number of benzene rings is 4. The molecule has 6 aromatic rings. The van der Waals surface area contributed by atoms with Crippen molar-refractivity contribution < 1.29 is 9.59 Å². The number of aryl methyl sites for hydroxylation is 2. The number of aromatic nitrogens is 3. The van der Waals surface area contributed by atoms with Gasteiger partial charge in [0.2, 0.25) is 11.8 Å². The van der Waals surface area contributed by atoms with Gasteiger partial charge in [0.05, 0.1) is 16.7 Å². The zero-order valence-corrected chi connectivity index (χ0v) is 23.0. The first-order valence-electron chi connectivity index (χ1n) is 12.9. The molecule has 0 bridgehead atoms. The van der Waals surface area contributed by atoms with Gasteiger partial charge in [-0.15, -0.1) is 0 Å². The molecule has 40 heavy (non-hydrogen) atoms. The van der Waals surface area contributed by atoms with Crippen LogP contribution in [-0.2, 0) is 9.59 Å². The van der Waals surface area contributed by atoms with Gasteiger partial charge in [-0.3, -0.25) is 9.59 Å². The van der Waals surface area contributed by atoms with Gasteiger partial charge in [-0.25, -0.2) is 9.50 Å². The van der Waals surface area contributed by atoms with Crippen LogP contribution in [0.4, 0.5) is 11.4 Å². The number of carbonyl (C=O) groups is 2. The Labute approximate surface area is 236 Å². The topological polar surface area (TPSA) is 79.6 Å². The van der Waals surface area contributed by atoms with Gasteiger partial charge in [0, 0.05) is 39.7 Å². The smallest absolute Gasteiger partial charge is 0.244 e. The molecule has 0 unspecified atom stereocenters. The van der Waals surface area contributed by atoms with Gasteiger partial charge in [0.1, 0.15) is 6.54 Å². The van der Waals surface area contributed by atoms with Crippen molar-refractivity contribution >= 4 is 62.2 Å². The molecule has 8 heteroatoms. The van der Waals surface area contributed by atoms with Crippen LogP contribution in [0.3, 0.4) is 0 Å². The number of hydrogen-bond donors (Lipinski definition) is 1. The lowest BCUT2D eigenvalue weighted by Crippen LogP contribution is -2.37. The minimum Gasteiger partial charge on any atom is -0.324 e. The van der Waals surface area contributed by atoms with Gasteiger partial charge in [-0.2, -0.15) is 5.10 Å². The maximum absolute atomic E-state index is 13.1. The standard InChI is InChI=1S/C32H26ClN5O2/c1-19-8-9-20(2)29(16-19)37(21(3)39)18-30(40)34-24-14-15-28-27(17-24)35-32-26-7-5-4-6-25(26)31(36-38(28)32)22-10-12-23(33)13-11-22/h4-17H,18H2,1-3H3,(H,34,40). The number of nitrogens with one attached hydrogen (secondary N) is 1. The third kappa shape index (κ3) is 4.65. The second kappa shape index (κ2) is 10.1. The third-order valence-corrected chi connectivity index (χ3v) is 7.24. The molecular weight excluding hydrogens is 522 g/mol. The fourth-order valence-electron chi connectivity index (χ4n) is 5.00. The van der Waals surface area contributed by atoms with Gasteiger partial charge >= 0.3 is 0 Å². The van der Waals surface area contributed by atoms with Crippen molar-refractivity contribution in [2.75, 3.05) is 16.8 Å². The van der Waals surface area contributed by atoms with E-state index in [-0.39, 0.29) is 18.4 Å². The highest BCUT2D eigenvalue weighted by molar-refractivity contribution is 6.30. The third-order valence-electron chi connectivity index (χ3n) is 6.99. The SMILES string of the molecule is CC(=O)N(CC(=O)Nc1ccc2c(c1)nc1c3ccccc3c(-c3ccc(Cl)cc3)nn21)c1cc(C)ccc1C. The van der Waals surface area contributed by atoms with Crippen LogP contribution in [0.2, 0.25) is 5.02 Å². The van der Waals surface area contributed by atoms with E-state index in [1.54, 1.807) is 0 Å². The number of halogens is 1. The van der Waals surface area contributed by atoms with Crippen LogP contribution in [0.15, 0.2) is 84.9 Å². The van der Waals surface area contributed by atoms with E-state index in [2.05, 4.69) is 5.32 Å². The Morgan fingerprint density at radius 3 is 2.42 bits per heavy atom. The van der Waals surface area contributed by atoms with E-state index in [9.17, 15) is 9.59 Å². The van der Waals surface area contributed by atoms with Crippen molar-refractivity contribution in [1.29, 1.82) is 0 Å². The van der Waals surface area contributed by atoms with Crippen molar-refractivity contribution in [2.24, 2.45) is 0 Å². The molecule has 0 aliphatic carbocycles. The fraction of sp³-hybridized carbons (Fsp3) is 0.125. The number of anilines is 2. The molecule has 0 radical (unpaired) electrons. The maximum atomic E-state index is 13.1. The van der Waals surface area contributed by atoms with Crippen molar-refractivity contribution in [3.8, 4) is 11.3 Å². The van der Waals surface area contributed by atoms with Crippen LogP contribution >= 0.6 is 11.6 Å². The molecule has 0 saturated heterocycles. The summed E-state index contributed by atoms with van der Waals surface area (Å²) in [5.41, 5.74) is 7.28. The Balaban J connectivity index is 1.36. The summed E-state index contributed by atoms with van der Waals surface area (Å²) in [4.78, 5) is 31.9. The second-order valence-electron chi connectivity index (χ2n) is 9.90. The first-order chi connectivity index (χ1) is 19.3. The van der Waals surface area contributed by atoms with Gasteiger partial charge < -0.3 is 10.2 Å². The minimum atomic E-state index is -0.298. The number of carbonyl (C=O) groups excluding carboxylic acids is 2. The van der Waals surface area contributed by atoms with Crippen LogP contribution in [0, 0.1) is 13.8 Å². The van der Waals surface area contributed by atoms with E-state index in [0.717, 1.165) is 50.0 Å².